The molecule has 1 aliphatic heterocycles. The molecule has 0 aliphatic carbocycles. The number of nitrogens with one attached hydrogen (secondary N) is 1. The first-order valence-electron chi connectivity index (χ1n) is 6.89. The molecule has 20 heavy (non-hydrogen) atoms. The number of anilines is 1. The van der Waals surface area contributed by atoms with Crippen LogP contribution in [0.15, 0.2) is 18.2 Å². The van der Waals surface area contributed by atoms with Crippen LogP contribution in [0.4, 0.5) is 5.13 Å². The van der Waals surface area contributed by atoms with E-state index in [0.717, 1.165) is 53.2 Å². The predicted molar refractivity (Wildman–Crippen MR) is 85.0 cm³/mol. The van der Waals surface area contributed by atoms with E-state index in [4.69, 9.17) is 16.3 Å². The van der Waals surface area contributed by atoms with Crippen LogP contribution in [0.3, 0.4) is 0 Å². The topological polar surface area (TPSA) is 37.4 Å². The molecule has 2 aromatic rings. The first-order valence-corrected chi connectivity index (χ1v) is 8.08. The van der Waals surface area contributed by atoms with Crippen molar-refractivity contribution in [3.8, 4) is 0 Å². The Morgan fingerprint density at radius 3 is 3.25 bits per heavy atom. The average Bonchev–Trinajstić information content (AvgIpc) is 2.90. The predicted octanol–water partition coefficient (Wildman–Crippen LogP) is 3.08. The van der Waals surface area contributed by atoms with E-state index in [1.165, 1.54) is 0 Å². The largest absolute Gasteiger partial charge is 0.374 e. The Kier molecular flexibility index (Phi) is 4.41. The van der Waals surface area contributed by atoms with Gasteiger partial charge in [-0.05, 0) is 18.7 Å². The highest BCUT2D eigenvalue weighted by atomic mass is 35.5. The lowest BCUT2D eigenvalue weighted by atomic mass is 10.2. The van der Waals surface area contributed by atoms with E-state index >= 15 is 0 Å². The Balaban J connectivity index is 1.63. The van der Waals surface area contributed by atoms with Gasteiger partial charge in [0.05, 0.1) is 28.0 Å². The van der Waals surface area contributed by atoms with Gasteiger partial charge in [0.15, 0.2) is 5.13 Å². The van der Waals surface area contributed by atoms with Crippen LogP contribution in [0, 0.1) is 0 Å². The van der Waals surface area contributed by atoms with Crippen LogP contribution in [0.25, 0.3) is 10.2 Å². The summed E-state index contributed by atoms with van der Waals surface area (Å²) in [4.78, 5) is 6.96. The second-order valence-corrected chi connectivity index (χ2v) is 6.28. The van der Waals surface area contributed by atoms with Crippen LogP contribution < -0.4 is 5.32 Å². The molecule has 1 aromatic carbocycles. The highest BCUT2D eigenvalue weighted by molar-refractivity contribution is 7.22. The van der Waals surface area contributed by atoms with Gasteiger partial charge >= 0.3 is 0 Å². The summed E-state index contributed by atoms with van der Waals surface area (Å²) >= 11 is 7.76. The number of rotatable bonds is 4. The number of morpholine rings is 1. The molecule has 108 valence electrons. The van der Waals surface area contributed by atoms with Gasteiger partial charge in [-0.25, -0.2) is 4.98 Å². The van der Waals surface area contributed by atoms with Gasteiger partial charge in [0, 0.05) is 19.6 Å². The lowest BCUT2D eigenvalue weighted by molar-refractivity contribution is -0.0191. The molecule has 1 aliphatic rings. The summed E-state index contributed by atoms with van der Waals surface area (Å²) in [7, 11) is 0. The van der Waals surface area contributed by atoms with Crippen LogP contribution in [0.1, 0.15) is 6.92 Å². The van der Waals surface area contributed by atoms with E-state index in [1.54, 1.807) is 11.3 Å². The Bertz CT molecular complexity index is 589. The fourth-order valence-electron chi connectivity index (χ4n) is 2.38. The van der Waals surface area contributed by atoms with E-state index in [9.17, 15) is 0 Å². The third-order valence-corrected chi connectivity index (χ3v) is 5.01. The Labute approximate surface area is 127 Å². The van der Waals surface area contributed by atoms with Crippen LogP contribution in [-0.4, -0.2) is 48.8 Å². The molecule has 1 aromatic heterocycles. The van der Waals surface area contributed by atoms with Crippen LogP contribution in [0.2, 0.25) is 5.02 Å². The van der Waals surface area contributed by atoms with Gasteiger partial charge in [0.1, 0.15) is 0 Å². The Morgan fingerprint density at radius 1 is 1.55 bits per heavy atom. The monoisotopic (exact) mass is 311 g/mol. The number of benzene rings is 1. The summed E-state index contributed by atoms with van der Waals surface area (Å²) in [6.07, 6.45) is 0.228. The van der Waals surface area contributed by atoms with Crippen molar-refractivity contribution in [2.45, 2.75) is 13.0 Å². The highest BCUT2D eigenvalue weighted by Crippen LogP contribution is 2.31. The minimum atomic E-state index is 0.228. The summed E-state index contributed by atoms with van der Waals surface area (Å²) < 4.78 is 6.81. The molecule has 0 spiro atoms. The number of fused-ring (bicyclic) bond motifs is 1. The van der Waals surface area contributed by atoms with E-state index in [0.29, 0.717) is 0 Å². The van der Waals surface area contributed by atoms with Crippen LogP contribution in [0.5, 0.6) is 0 Å². The SMILES string of the molecule is CCN1CCOC(CNc2nc3cccc(Cl)c3s2)C1. The molecule has 0 bridgehead atoms. The molecular formula is C14H18ClN3OS. The quantitative estimate of drug-likeness (QED) is 0.941. The normalized spacial score (nSPS) is 20.4. The van der Waals surface area contributed by atoms with Crippen molar-refractivity contribution in [1.82, 2.24) is 9.88 Å². The van der Waals surface area contributed by atoms with Crippen molar-refractivity contribution in [2.75, 3.05) is 38.1 Å². The maximum atomic E-state index is 6.17. The molecule has 3 rings (SSSR count). The van der Waals surface area contributed by atoms with Crippen molar-refractivity contribution in [2.24, 2.45) is 0 Å². The Morgan fingerprint density at radius 2 is 2.45 bits per heavy atom. The van der Waals surface area contributed by atoms with Gasteiger partial charge in [-0.1, -0.05) is 35.9 Å². The standard InChI is InChI=1S/C14H18ClN3OS/c1-2-18-6-7-19-10(9-18)8-16-14-17-12-5-3-4-11(15)13(12)20-14/h3-5,10H,2,6-9H2,1H3,(H,16,17). The molecular weight excluding hydrogens is 294 g/mol. The Hall–Kier alpha value is -0.880. The third-order valence-electron chi connectivity index (χ3n) is 3.52. The van der Waals surface area contributed by atoms with E-state index in [-0.39, 0.29) is 6.10 Å². The number of hydrogen-bond acceptors (Lipinski definition) is 5. The molecule has 1 saturated heterocycles. The number of ether oxygens (including phenoxy) is 1. The van der Waals surface area contributed by atoms with Crippen LogP contribution in [-0.2, 0) is 4.74 Å². The second kappa shape index (κ2) is 6.26. The smallest absolute Gasteiger partial charge is 0.183 e. The van der Waals surface area contributed by atoms with Crippen LogP contribution >= 0.6 is 22.9 Å². The number of thiazole rings is 1. The second-order valence-electron chi connectivity index (χ2n) is 4.87. The van der Waals surface area contributed by atoms with E-state index in [2.05, 4.69) is 22.1 Å². The maximum Gasteiger partial charge on any atom is 0.183 e. The number of nitrogens with zero attached hydrogens (tertiary/aromatic N) is 2. The molecule has 1 fully saturated rings. The van der Waals surface area contributed by atoms with Gasteiger partial charge in [-0.3, -0.25) is 4.90 Å². The molecule has 2 heterocycles. The minimum Gasteiger partial charge on any atom is -0.374 e. The molecule has 4 nitrogen and oxygen atoms in total. The van der Waals surface area contributed by atoms with Crippen molar-refractivity contribution >= 4 is 38.3 Å². The van der Waals surface area contributed by atoms with Gasteiger partial charge < -0.3 is 10.1 Å². The number of likely N-dealkylation sites (N-methyl/N-ethyl adjacent to an activating group) is 1. The zero-order valence-corrected chi connectivity index (χ0v) is 13.0. The summed E-state index contributed by atoms with van der Waals surface area (Å²) in [6, 6.07) is 5.81. The lowest BCUT2D eigenvalue weighted by Gasteiger charge is -2.32. The molecule has 1 N–H and O–H groups in total. The zero-order valence-electron chi connectivity index (χ0n) is 11.4. The number of hydrogen-bond donors (Lipinski definition) is 1. The molecule has 0 radical (unpaired) electrons. The van der Waals surface area contributed by atoms with Crippen molar-refractivity contribution in [3.63, 3.8) is 0 Å². The van der Waals surface area contributed by atoms with E-state index < -0.39 is 0 Å². The summed E-state index contributed by atoms with van der Waals surface area (Å²) in [6.45, 7) is 6.88. The summed E-state index contributed by atoms with van der Waals surface area (Å²) in [5.74, 6) is 0. The fourth-order valence-corrected chi connectivity index (χ4v) is 3.55. The van der Waals surface area contributed by atoms with Crippen molar-refractivity contribution in [1.29, 1.82) is 0 Å². The third kappa shape index (κ3) is 3.06. The fraction of sp³-hybridized carbons (Fsp3) is 0.500. The maximum absolute atomic E-state index is 6.17. The first kappa shape index (κ1) is 14.1. The number of aromatic nitrogens is 1. The summed E-state index contributed by atoms with van der Waals surface area (Å²) in [5.41, 5.74) is 0.949. The van der Waals surface area contributed by atoms with Crippen molar-refractivity contribution in [3.05, 3.63) is 23.2 Å². The number of halogens is 1. The highest BCUT2D eigenvalue weighted by Gasteiger charge is 2.19. The molecule has 0 amide bonds. The minimum absolute atomic E-state index is 0.228. The van der Waals surface area contributed by atoms with E-state index in [1.807, 2.05) is 18.2 Å². The molecule has 6 heteroatoms. The van der Waals surface area contributed by atoms with Gasteiger partial charge in [-0.2, -0.15) is 0 Å². The lowest BCUT2D eigenvalue weighted by Crippen LogP contribution is -2.45. The molecule has 0 saturated carbocycles. The van der Waals surface area contributed by atoms with Crippen molar-refractivity contribution < 1.29 is 4.74 Å². The van der Waals surface area contributed by atoms with Gasteiger partial charge in [0.25, 0.3) is 0 Å². The van der Waals surface area contributed by atoms with Gasteiger partial charge in [-0.15, -0.1) is 0 Å². The summed E-state index contributed by atoms with van der Waals surface area (Å²) in [5, 5.41) is 5.04. The zero-order chi connectivity index (χ0) is 13.9. The molecule has 1 atom stereocenters. The first-order chi connectivity index (χ1) is 9.76. The average molecular weight is 312 g/mol. The molecule has 1 unspecified atom stereocenters. The van der Waals surface area contributed by atoms with Gasteiger partial charge in [0.2, 0.25) is 0 Å².